The first-order valence-electron chi connectivity index (χ1n) is 14.3. The van der Waals surface area contributed by atoms with Crippen LogP contribution in [0, 0.1) is 0 Å². The van der Waals surface area contributed by atoms with Crippen LogP contribution in [0.25, 0.3) is 0 Å². The van der Waals surface area contributed by atoms with Crippen LogP contribution in [-0.2, 0) is 14.3 Å². The molecule has 7 heteroatoms. The summed E-state index contributed by atoms with van der Waals surface area (Å²) in [5.41, 5.74) is -0.548. The molecule has 0 aromatic rings. The van der Waals surface area contributed by atoms with Gasteiger partial charge in [0.2, 0.25) is 5.91 Å². The van der Waals surface area contributed by atoms with Crippen molar-refractivity contribution >= 4 is 18.0 Å². The molecule has 0 saturated heterocycles. The second kappa shape index (κ2) is 22.2. The molecule has 36 heavy (non-hydrogen) atoms. The number of unbranched alkanes of at least 4 members (excludes halogenated alkanes) is 12. The summed E-state index contributed by atoms with van der Waals surface area (Å²) in [7, 11) is 0. The minimum absolute atomic E-state index is 0.196. The molecular formula is C29H54N2O5. The third kappa shape index (κ3) is 23.7. The predicted molar refractivity (Wildman–Crippen MR) is 147 cm³/mol. The maximum Gasteiger partial charge on any atom is 0.407 e. The Morgan fingerprint density at radius 2 is 1.36 bits per heavy atom. The number of hydrogen-bond acceptors (Lipinski definition) is 4. The number of carbonyl (C=O) groups is 3. The lowest BCUT2D eigenvalue weighted by Crippen LogP contribution is -2.40. The van der Waals surface area contributed by atoms with E-state index in [4.69, 9.17) is 4.74 Å². The first kappa shape index (κ1) is 34.0. The zero-order valence-corrected chi connectivity index (χ0v) is 23.5. The van der Waals surface area contributed by atoms with Gasteiger partial charge >= 0.3 is 12.1 Å². The molecular weight excluding hydrogens is 456 g/mol. The average Bonchev–Trinajstić information content (AvgIpc) is 2.79. The highest BCUT2D eigenvalue weighted by molar-refractivity contribution is 5.83. The Morgan fingerprint density at radius 1 is 0.806 bits per heavy atom. The molecule has 0 aliphatic rings. The van der Waals surface area contributed by atoms with Gasteiger partial charge in [0.1, 0.15) is 11.6 Å². The third-order valence-electron chi connectivity index (χ3n) is 5.89. The van der Waals surface area contributed by atoms with Crippen LogP contribution in [0.3, 0.4) is 0 Å². The summed E-state index contributed by atoms with van der Waals surface area (Å²) in [6, 6.07) is -0.883. The summed E-state index contributed by atoms with van der Waals surface area (Å²) in [4.78, 5) is 35.2. The van der Waals surface area contributed by atoms with E-state index in [9.17, 15) is 19.5 Å². The van der Waals surface area contributed by atoms with E-state index in [0.29, 0.717) is 32.2 Å². The molecule has 210 valence electrons. The molecule has 3 N–H and O–H groups in total. The molecule has 0 fully saturated rings. The van der Waals surface area contributed by atoms with Crippen molar-refractivity contribution in [1.29, 1.82) is 0 Å². The van der Waals surface area contributed by atoms with Gasteiger partial charge in [-0.15, -0.1) is 0 Å². The van der Waals surface area contributed by atoms with Gasteiger partial charge in [0.05, 0.1) is 0 Å². The van der Waals surface area contributed by atoms with E-state index in [2.05, 4.69) is 29.7 Å². The minimum Gasteiger partial charge on any atom is -0.480 e. The van der Waals surface area contributed by atoms with Gasteiger partial charge in [-0.05, 0) is 65.7 Å². The topological polar surface area (TPSA) is 105 Å². The van der Waals surface area contributed by atoms with Crippen molar-refractivity contribution < 1.29 is 24.2 Å². The van der Waals surface area contributed by atoms with Gasteiger partial charge in [-0.2, -0.15) is 0 Å². The van der Waals surface area contributed by atoms with Gasteiger partial charge in [-0.3, -0.25) is 4.79 Å². The van der Waals surface area contributed by atoms with Crippen LogP contribution >= 0.6 is 0 Å². The number of rotatable bonds is 22. The fraction of sp³-hybridized carbons (Fsp3) is 0.828. The summed E-state index contributed by atoms with van der Waals surface area (Å²) in [5.74, 6) is -1.21. The van der Waals surface area contributed by atoms with E-state index < -0.39 is 23.7 Å². The fourth-order valence-corrected chi connectivity index (χ4v) is 3.84. The number of nitrogens with one attached hydrogen (secondary N) is 2. The van der Waals surface area contributed by atoms with Crippen molar-refractivity contribution in [2.75, 3.05) is 6.54 Å². The molecule has 0 saturated carbocycles. The van der Waals surface area contributed by atoms with Gasteiger partial charge in [-0.1, -0.05) is 76.9 Å². The molecule has 0 aromatic heterocycles. The lowest BCUT2D eigenvalue weighted by atomic mass is 10.0. The second-order valence-electron chi connectivity index (χ2n) is 10.7. The average molecular weight is 511 g/mol. The first-order valence-corrected chi connectivity index (χ1v) is 14.3. The van der Waals surface area contributed by atoms with Crippen LogP contribution in [-0.4, -0.2) is 41.3 Å². The van der Waals surface area contributed by atoms with E-state index >= 15 is 0 Å². The van der Waals surface area contributed by atoms with Crippen LogP contribution < -0.4 is 10.6 Å². The largest absolute Gasteiger partial charge is 0.480 e. The Hall–Kier alpha value is -2.05. The summed E-state index contributed by atoms with van der Waals surface area (Å²) in [6.07, 6.45) is 21.6. The monoisotopic (exact) mass is 510 g/mol. The lowest BCUT2D eigenvalue weighted by molar-refractivity contribution is -0.142. The standard InChI is InChI=1S/C29H54N2O5/c1-5-6-7-8-9-10-11-12-13-14-15-16-17-18-19-23-26(32)31-25(27(33)34)22-20-21-24-30-28(35)36-29(2,3)4/h8-9,25H,5-7,10-24H2,1-4H3,(H,30,35)(H,31,32)(H,33,34)/b9-8-. The van der Waals surface area contributed by atoms with Gasteiger partial charge in [0.15, 0.2) is 0 Å². The van der Waals surface area contributed by atoms with E-state index in [1.807, 2.05) is 0 Å². The number of carboxylic acids is 1. The van der Waals surface area contributed by atoms with Crippen LogP contribution in [0.4, 0.5) is 4.79 Å². The highest BCUT2D eigenvalue weighted by atomic mass is 16.6. The van der Waals surface area contributed by atoms with Crippen molar-refractivity contribution in [3.63, 3.8) is 0 Å². The number of aliphatic carboxylic acids is 1. The number of carboxylic acid groups (broad SMARTS) is 1. The Kier molecular flexibility index (Phi) is 20.9. The normalized spacial score (nSPS) is 12.4. The first-order chi connectivity index (χ1) is 17.2. The van der Waals surface area contributed by atoms with E-state index in [-0.39, 0.29) is 5.91 Å². The molecule has 1 unspecified atom stereocenters. The fourth-order valence-electron chi connectivity index (χ4n) is 3.84. The van der Waals surface area contributed by atoms with E-state index in [1.165, 1.54) is 64.2 Å². The smallest absolute Gasteiger partial charge is 0.407 e. The van der Waals surface area contributed by atoms with E-state index in [1.54, 1.807) is 20.8 Å². The molecule has 7 nitrogen and oxygen atoms in total. The molecule has 0 bridgehead atoms. The zero-order chi connectivity index (χ0) is 27.1. The minimum atomic E-state index is -1.02. The molecule has 0 heterocycles. The Morgan fingerprint density at radius 3 is 1.92 bits per heavy atom. The summed E-state index contributed by atoms with van der Waals surface area (Å²) in [6.45, 7) is 8.02. The highest BCUT2D eigenvalue weighted by Crippen LogP contribution is 2.12. The van der Waals surface area contributed by atoms with Crippen molar-refractivity contribution in [3.8, 4) is 0 Å². The molecule has 2 amide bonds. The molecule has 0 aromatic carbocycles. The maximum absolute atomic E-state index is 12.2. The quantitative estimate of drug-likeness (QED) is 0.105. The highest BCUT2D eigenvalue weighted by Gasteiger charge is 2.19. The predicted octanol–water partition coefficient (Wildman–Crippen LogP) is 7.29. The van der Waals surface area contributed by atoms with Gasteiger partial charge in [-0.25, -0.2) is 9.59 Å². The summed E-state index contributed by atoms with van der Waals surface area (Å²) < 4.78 is 5.16. The molecule has 0 spiro atoms. The number of amides is 2. The van der Waals surface area contributed by atoms with Gasteiger partial charge in [0.25, 0.3) is 0 Å². The second-order valence-corrected chi connectivity index (χ2v) is 10.7. The zero-order valence-electron chi connectivity index (χ0n) is 23.5. The summed E-state index contributed by atoms with van der Waals surface area (Å²) >= 11 is 0. The van der Waals surface area contributed by atoms with Crippen molar-refractivity contribution in [3.05, 3.63) is 12.2 Å². The molecule has 0 rings (SSSR count). The van der Waals surface area contributed by atoms with Crippen LogP contribution in [0.2, 0.25) is 0 Å². The van der Waals surface area contributed by atoms with Crippen LogP contribution in [0.5, 0.6) is 0 Å². The molecule has 0 aliphatic carbocycles. The van der Waals surface area contributed by atoms with Crippen molar-refractivity contribution in [2.24, 2.45) is 0 Å². The van der Waals surface area contributed by atoms with Gasteiger partial charge < -0.3 is 20.5 Å². The number of allylic oxidation sites excluding steroid dienone is 2. The molecule has 0 radical (unpaired) electrons. The molecule has 1 atom stereocenters. The maximum atomic E-state index is 12.2. The number of carbonyl (C=O) groups excluding carboxylic acids is 2. The van der Waals surface area contributed by atoms with Crippen molar-refractivity contribution in [1.82, 2.24) is 10.6 Å². The number of alkyl carbamates (subject to hydrolysis) is 1. The Bertz CT molecular complexity index is 613. The Labute approximate surface area is 220 Å². The van der Waals surface area contributed by atoms with E-state index in [0.717, 1.165) is 19.3 Å². The number of ether oxygens (including phenoxy) is 1. The molecule has 0 aliphatic heterocycles. The van der Waals surface area contributed by atoms with Crippen LogP contribution in [0.1, 0.15) is 137 Å². The summed E-state index contributed by atoms with van der Waals surface area (Å²) in [5, 5.41) is 14.7. The number of hydrogen-bond donors (Lipinski definition) is 3. The SMILES string of the molecule is CCCC/C=C\CCCCCCCCCCCC(=O)NC(CCCCNC(=O)OC(C)(C)C)C(=O)O. The lowest BCUT2D eigenvalue weighted by Gasteiger charge is -2.19. The van der Waals surface area contributed by atoms with Crippen molar-refractivity contribution in [2.45, 2.75) is 148 Å². The third-order valence-corrected chi connectivity index (χ3v) is 5.89. The van der Waals surface area contributed by atoms with Crippen LogP contribution in [0.15, 0.2) is 12.2 Å². The van der Waals surface area contributed by atoms with Gasteiger partial charge in [0, 0.05) is 13.0 Å². The Balaban J connectivity index is 3.70.